The Morgan fingerprint density at radius 2 is 2.36 bits per heavy atom. The molecule has 0 aromatic rings. The van der Waals surface area contributed by atoms with Gasteiger partial charge in [0, 0.05) is 12.1 Å². The first-order valence-electron chi connectivity index (χ1n) is 4.23. The first-order chi connectivity index (χ1) is 5.25. The van der Waals surface area contributed by atoms with Gasteiger partial charge in [0.15, 0.2) is 0 Å². The van der Waals surface area contributed by atoms with Crippen LogP contribution in [0.15, 0.2) is 0 Å². The molecule has 3 heteroatoms. The van der Waals surface area contributed by atoms with E-state index in [1.165, 1.54) is 19.3 Å². The second-order valence-electron chi connectivity index (χ2n) is 3.64. The Labute approximate surface area is 65.8 Å². The molecule has 2 rings (SSSR count). The third kappa shape index (κ3) is 1.25. The molecule has 1 heterocycles. The van der Waals surface area contributed by atoms with E-state index in [-0.39, 0.29) is 6.04 Å². The number of piperidine rings is 1. The topological polar surface area (TPSA) is 49.3 Å². The van der Waals surface area contributed by atoms with Gasteiger partial charge in [-0.15, -0.1) is 0 Å². The van der Waals surface area contributed by atoms with Gasteiger partial charge in [0.25, 0.3) is 0 Å². The minimum atomic E-state index is -0.671. The van der Waals surface area contributed by atoms with Crippen molar-refractivity contribution < 1.29 is 9.90 Å². The SMILES string of the molecule is O=C(O)CC1NC2CCC1C2. The molecule has 3 unspecified atom stereocenters. The maximum atomic E-state index is 10.4. The van der Waals surface area contributed by atoms with Gasteiger partial charge in [0.1, 0.15) is 0 Å². The highest BCUT2D eigenvalue weighted by atomic mass is 16.4. The lowest BCUT2D eigenvalue weighted by atomic mass is 9.97. The molecule has 1 aliphatic heterocycles. The molecule has 11 heavy (non-hydrogen) atoms. The van der Waals surface area contributed by atoms with E-state index in [1.54, 1.807) is 0 Å². The molecule has 3 nitrogen and oxygen atoms in total. The molecule has 3 atom stereocenters. The van der Waals surface area contributed by atoms with E-state index in [2.05, 4.69) is 5.32 Å². The van der Waals surface area contributed by atoms with Crippen molar-refractivity contribution in [3.05, 3.63) is 0 Å². The van der Waals surface area contributed by atoms with Gasteiger partial charge in [-0.1, -0.05) is 0 Å². The van der Waals surface area contributed by atoms with Crippen LogP contribution in [0.4, 0.5) is 0 Å². The molecular formula is C8H13NO2. The zero-order chi connectivity index (χ0) is 7.84. The van der Waals surface area contributed by atoms with Crippen molar-refractivity contribution in [1.29, 1.82) is 0 Å². The number of hydrogen-bond acceptors (Lipinski definition) is 2. The maximum Gasteiger partial charge on any atom is 0.304 e. The van der Waals surface area contributed by atoms with Gasteiger partial charge in [0.2, 0.25) is 0 Å². The number of rotatable bonds is 2. The summed E-state index contributed by atoms with van der Waals surface area (Å²) in [5, 5.41) is 11.9. The molecular weight excluding hydrogens is 142 g/mol. The summed E-state index contributed by atoms with van der Waals surface area (Å²) >= 11 is 0. The average Bonchev–Trinajstić information content (AvgIpc) is 2.45. The maximum absolute atomic E-state index is 10.4. The van der Waals surface area contributed by atoms with Gasteiger partial charge in [-0.05, 0) is 25.2 Å². The minimum Gasteiger partial charge on any atom is -0.481 e. The van der Waals surface area contributed by atoms with Crippen molar-refractivity contribution in [3.8, 4) is 0 Å². The minimum absolute atomic E-state index is 0.270. The fraction of sp³-hybridized carbons (Fsp3) is 0.875. The first kappa shape index (κ1) is 7.10. The second-order valence-corrected chi connectivity index (χ2v) is 3.64. The molecule has 0 spiro atoms. The van der Waals surface area contributed by atoms with Crippen LogP contribution in [0.25, 0.3) is 0 Å². The molecule has 1 saturated heterocycles. The van der Waals surface area contributed by atoms with Crippen LogP contribution in [0, 0.1) is 5.92 Å². The predicted molar refractivity (Wildman–Crippen MR) is 40.3 cm³/mol. The fourth-order valence-electron chi connectivity index (χ4n) is 2.39. The van der Waals surface area contributed by atoms with Crippen LogP contribution in [0.3, 0.4) is 0 Å². The zero-order valence-electron chi connectivity index (χ0n) is 6.42. The molecule has 2 bridgehead atoms. The van der Waals surface area contributed by atoms with Crippen molar-refractivity contribution >= 4 is 5.97 Å². The van der Waals surface area contributed by atoms with Crippen LogP contribution in [0.1, 0.15) is 25.7 Å². The van der Waals surface area contributed by atoms with Crippen molar-refractivity contribution in [2.24, 2.45) is 5.92 Å². The molecule has 62 valence electrons. The van der Waals surface area contributed by atoms with Crippen LogP contribution in [-0.2, 0) is 4.79 Å². The Morgan fingerprint density at radius 1 is 1.55 bits per heavy atom. The number of carboxylic acid groups (broad SMARTS) is 1. The number of fused-ring (bicyclic) bond motifs is 2. The van der Waals surface area contributed by atoms with Crippen molar-refractivity contribution in [1.82, 2.24) is 5.32 Å². The summed E-state index contributed by atoms with van der Waals surface area (Å²) in [6.45, 7) is 0. The van der Waals surface area contributed by atoms with E-state index in [1.807, 2.05) is 0 Å². The number of aliphatic carboxylic acids is 1. The Balaban J connectivity index is 1.92. The number of carbonyl (C=O) groups is 1. The normalized spacial score (nSPS) is 41.3. The van der Waals surface area contributed by atoms with Gasteiger partial charge in [-0.2, -0.15) is 0 Å². The first-order valence-corrected chi connectivity index (χ1v) is 4.23. The summed E-state index contributed by atoms with van der Waals surface area (Å²) < 4.78 is 0. The van der Waals surface area contributed by atoms with Gasteiger partial charge in [-0.3, -0.25) is 4.79 Å². The lowest BCUT2D eigenvalue weighted by Gasteiger charge is -2.20. The van der Waals surface area contributed by atoms with Crippen molar-refractivity contribution in [2.45, 2.75) is 37.8 Å². The lowest BCUT2D eigenvalue weighted by Crippen LogP contribution is -2.36. The molecule has 2 aliphatic rings. The van der Waals surface area contributed by atoms with Gasteiger partial charge in [0.05, 0.1) is 6.42 Å². The highest BCUT2D eigenvalue weighted by Crippen LogP contribution is 2.36. The quantitative estimate of drug-likeness (QED) is 0.614. The third-order valence-corrected chi connectivity index (χ3v) is 2.89. The van der Waals surface area contributed by atoms with E-state index in [0.29, 0.717) is 18.4 Å². The van der Waals surface area contributed by atoms with Crippen LogP contribution >= 0.6 is 0 Å². The molecule has 0 aromatic heterocycles. The summed E-state index contributed by atoms with van der Waals surface area (Å²) in [5.74, 6) is -0.0221. The van der Waals surface area contributed by atoms with Crippen LogP contribution in [-0.4, -0.2) is 23.2 Å². The predicted octanol–water partition coefficient (Wildman–Crippen LogP) is 0.602. The third-order valence-electron chi connectivity index (χ3n) is 2.89. The van der Waals surface area contributed by atoms with Crippen molar-refractivity contribution in [2.75, 3.05) is 0 Å². The van der Waals surface area contributed by atoms with E-state index >= 15 is 0 Å². The Morgan fingerprint density at radius 3 is 2.82 bits per heavy atom. The van der Waals surface area contributed by atoms with Crippen LogP contribution < -0.4 is 5.32 Å². The fourth-order valence-corrected chi connectivity index (χ4v) is 2.39. The van der Waals surface area contributed by atoms with Gasteiger partial charge < -0.3 is 10.4 Å². The molecule has 2 N–H and O–H groups in total. The number of carboxylic acids is 1. The standard InChI is InChI=1S/C8H13NO2/c10-8(11)4-7-5-1-2-6(3-5)9-7/h5-7,9H,1-4H2,(H,10,11). The lowest BCUT2D eigenvalue weighted by molar-refractivity contribution is -0.137. The largest absolute Gasteiger partial charge is 0.481 e. The Kier molecular flexibility index (Phi) is 1.60. The molecule has 0 radical (unpaired) electrons. The number of nitrogens with one attached hydrogen (secondary N) is 1. The van der Waals surface area contributed by atoms with E-state index in [9.17, 15) is 4.79 Å². The van der Waals surface area contributed by atoms with E-state index in [4.69, 9.17) is 5.11 Å². The van der Waals surface area contributed by atoms with Gasteiger partial charge >= 0.3 is 5.97 Å². The Bertz CT molecular complexity index is 181. The molecule has 1 saturated carbocycles. The van der Waals surface area contributed by atoms with Crippen molar-refractivity contribution in [3.63, 3.8) is 0 Å². The zero-order valence-corrected chi connectivity index (χ0v) is 6.42. The summed E-state index contributed by atoms with van der Waals surface area (Å²) in [6.07, 6.45) is 4.00. The van der Waals surface area contributed by atoms with Crippen LogP contribution in [0.2, 0.25) is 0 Å². The smallest absolute Gasteiger partial charge is 0.304 e. The Hall–Kier alpha value is -0.570. The van der Waals surface area contributed by atoms with Gasteiger partial charge in [-0.25, -0.2) is 0 Å². The highest BCUT2D eigenvalue weighted by Gasteiger charge is 2.39. The molecule has 1 aliphatic carbocycles. The highest BCUT2D eigenvalue weighted by molar-refractivity contribution is 5.67. The van der Waals surface area contributed by atoms with E-state index < -0.39 is 5.97 Å². The summed E-state index contributed by atoms with van der Waals surface area (Å²) in [5.41, 5.74) is 0. The second kappa shape index (κ2) is 2.48. The summed E-state index contributed by atoms with van der Waals surface area (Å²) in [7, 11) is 0. The molecule has 0 amide bonds. The van der Waals surface area contributed by atoms with E-state index in [0.717, 1.165) is 0 Å². The number of hydrogen-bond donors (Lipinski definition) is 2. The molecule has 2 fully saturated rings. The summed E-state index contributed by atoms with van der Waals surface area (Å²) in [4.78, 5) is 10.4. The monoisotopic (exact) mass is 155 g/mol. The van der Waals surface area contributed by atoms with Crippen LogP contribution in [0.5, 0.6) is 0 Å². The molecule has 0 aromatic carbocycles. The average molecular weight is 155 g/mol. The summed E-state index contributed by atoms with van der Waals surface area (Å²) in [6, 6.07) is 0.899.